The molecule has 4 rings (SSSR count). The molecule has 28 heavy (non-hydrogen) atoms. The number of hydrogen-bond acceptors (Lipinski definition) is 3. The van der Waals surface area contributed by atoms with Gasteiger partial charge >= 0.3 is 0 Å². The first-order valence-corrected chi connectivity index (χ1v) is 10.8. The molecule has 1 saturated carbocycles. The first-order chi connectivity index (χ1) is 13.6. The van der Waals surface area contributed by atoms with Crippen molar-refractivity contribution in [3.8, 4) is 0 Å². The van der Waals surface area contributed by atoms with Crippen molar-refractivity contribution in [1.82, 2.24) is 19.8 Å². The van der Waals surface area contributed by atoms with Gasteiger partial charge in [-0.3, -0.25) is 4.98 Å². The summed E-state index contributed by atoms with van der Waals surface area (Å²) in [6.07, 6.45) is 8.35. The summed E-state index contributed by atoms with van der Waals surface area (Å²) in [7, 11) is 0. The monoisotopic (exact) mass is 398 g/mol. The lowest BCUT2D eigenvalue weighted by Gasteiger charge is -2.29. The van der Waals surface area contributed by atoms with E-state index in [1.807, 2.05) is 18.3 Å². The van der Waals surface area contributed by atoms with Crippen LogP contribution in [0.2, 0.25) is 0 Å². The van der Waals surface area contributed by atoms with Gasteiger partial charge in [-0.1, -0.05) is 25.3 Å². The van der Waals surface area contributed by atoms with Gasteiger partial charge in [0.1, 0.15) is 0 Å². The van der Waals surface area contributed by atoms with E-state index in [0.717, 1.165) is 5.69 Å². The lowest BCUT2D eigenvalue weighted by Crippen LogP contribution is -2.32. The second kappa shape index (κ2) is 8.21. The zero-order chi connectivity index (χ0) is 19.7. The molecule has 150 valence electrons. The molecule has 3 heterocycles. The van der Waals surface area contributed by atoms with Crippen molar-refractivity contribution in [3.05, 3.63) is 53.1 Å². The predicted molar refractivity (Wildman–Crippen MR) is 115 cm³/mol. The fourth-order valence-electron chi connectivity index (χ4n) is 5.10. The summed E-state index contributed by atoms with van der Waals surface area (Å²) in [5, 5.41) is 13.8. The summed E-state index contributed by atoms with van der Waals surface area (Å²) in [5.41, 5.74) is 4.92. The van der Waals surface area contributed by atoms with E-state index in [4.69, 9.17) is 12.2 Å². The molecule has 6 heteroatoms. The molecule has 0 radical (unpaired) electrons. The number of nitrogens with zero attached hydrogens (tertiary/aromatic N) is 3. The maximum atomic E-state index is 9.65. The molecule has 2 aromatic rings. The summed E-state index contributed by atoms with van der Waals surface area (Å²) in [5.74, 6) is 0. The molecule has 2 fully saturated rings. The molecule has 5 nitrogen and oxygen atoms in total. The fourth-order valence-corrected chi connectivity index (χ4v) is 5.43. The minimum atomic E-state index is -0.0134. The summed E-state index contributed by atoms with van der Waals surface area (Å²) in [6, 6.07) is 8.96. The number of thiocarbonyl (C=S) groups is 1. The molecule has 1 saturated heterocycles. The average Bonchev–Trinajstić information content (AvgIpc) is 3.19. The van der Waals surface area contributed by atoms with Gasteiger partial charge < -0.3 is 19.9 Å². The molecule has 1 aliphatic heterocycles. The number of rotatable bonds is 5. The number of hydrogen-bond donors (Lipinski definition) is 2. The van der Waals surface area contributed by atoms with Gasteiger partial charge in [0, 0.05) is 30.2 Å². The second-order valence-electron chi connectivity index (χ2n) is 8.03. The van der Waals surface area contributed by atoms with Crippen LogP contribution in [0, 0.1) is 13.8 Å². The molecule has 0 aromatic carbocycles. The van der Waals surface area contributed by atoms with Crippen LogP contribution in [-0.4, -0.2) is 37.8 Å². The topological polar surface area (TPSA) is 53.3 Å². The highest BCUT2D eigenvalue weighted by Gasteiger charge is 2.41. The lowest BCUT2D eigenvalue weighted by atomic mass is 9.94. The van der Waals surface area contributed by atoms with E-state index in [-0.39, 0.29) is 18.7 Å². The van der Waals surface area contributed by atoms with Crippen LogP contribution in [0.25, 0.3) is 0 Å². The number of aromatic nitrogens is 2. The van der Waals surface area contributed by atoms with E-state index in [9.17, 15) is 5.11 Å². The van der Waals surface area contributed by atoms with Gasteiger partial charge in [-0.25, -0.2) is 0 Å². The number of aliphatic hydroxyl groups is 1. The highest BCUT2D eigenvalue weighted by molar-refractivity contribution is 7.80. The van der Waals surface area contributed by atoms with Gasteiger partial charge in [-0.05, 0) is 62.7 Å². The number of aliphatic hydroxyl groups excluding tert-OH is 1. The van der Waals surface area contributed by atoms with Gasteiger partial charge in [0.2, 0.25) is 0 Å². The Bertz CT molecular complexity index is 829. The molecule has 2 aliphatic rings. The van der Waals surface area contributed by atoms with Crippen LogP contribution in [-0.2, 0) is 0 Å². The number of pyridine rings is 1. The van der Waals surface area contributed by atoms with Gasteiger partial charge in [-0.2, -0.15) is 0 Å². The third kappa shape index (κ3) is 3.44. The standard InChI is InChI=1S/C22H30N4OS/c1-15-14-18(16(2)26(15)17-8-4-3-5-9-17)21-20(19-10-6-7-11-23-19)24-22(28)25(21)12-13-27/h6-7,10-11,14,17,20-21,27H,3-5,8-9,12-13H2,1-2H3,(H,24,28)/t20-,21+/m1/s1. The normalized spacial score (nSPS) is 23.2. The smallest absolute Gasteiger partial charge is 0.170 e. The molecule has 0 spiro atoms. The summed E-state index contributed by atoms with van der Waals surface area (Å²) in [4.78, 5) is 6.72. The summed E-state index contributed by atoms with van der Waals surface area (Å²) < 4.78 is 2.54. The number of nitrogens with one attached hydrogen (secondary N) is 1. The Labute approximate surface area is 172 Å². The molecule has 0 bridgehead atoms. The highest BCUT2D eigenvalue weighted by Crippen LogP contribution is 2.42. The Balaban J connectivity index is 1.76. The van der Waals surface area contributed by atoms with Crippen LogP contribution in [0.1, 0.15) is 72.9 Å². The van der Waals surface area contributed by atoms with Crippen LogP contribution in [0.15, 0.2) is 30.5 Å². The van der Waals surface area contributed by atoms with Gasteiger partial charge in [-0.15, -0.1) is 0 Å². The van der Waals surface area contributed by atoms with Crippen molar-refractivity contribution in [2.24, 2.45) is 0 Å². The quantitative estimate of drug-likeness (QED) is 0.747. The van der Waals surface area contributed by atoms with Crippen LogP contribution in [0.4, 0.5) is 0 Å². The molecule has 0 unspecified atom stereocenters. The van der Waals surface area contributed by atoms with Crippen LogP contribution in [0.5, 0.6) is 0 Å². The van der Waals surface area contributed by atoms with E-state index in [2.05, 4.69) is 45.7 Å². The maximum absolute atomic E-state index is 9.65. The van der Waals surface area contributed by atoms with Crippen molar-refractivity contribution in [3.63, 3.8) is 0 Å². The minimum Gasteiger partial charge on any atom is -0.395 e. The fraction of sp³-hybridized carbons (Fsp3) is 0.545. The largest absolute Gasteiger partial charge is 0.395 e. The molecular formula is C22H30N4OS. The maximum Gasteiger partial charge on any atom is 0.170 e. The van der Waals surface area contributed by atoms with E-state index in [1.54, 1.807) is 0 Å². The van der Waals surface area contributed by atoms with Gasteiger partial charge in [0.05, 0.1) is 24.4 Å². The van der Waals surface area contributed by atoms with Gasteiger partial charge in [0.25, 0.3) is 0 Å². The van der Waals surface area contributed by atoms with Crippen molar-refractivity contribution in [2.75, 3.05) is 13.2 Å². The zero-order valence-electron chi connectivity index (χ0n) is 16.8. The molecular weight excluding hydrogens is 368 g/mol. The Morgan fingerprint density at radius 1 is 1.21 bits per heavy atom. The van der Waals surface area contributed by atoms with Crippen LogP contribution >= 0.6 is 12.2 Å². The number of β-amino-alcohol motifs (C(OH)–C–C–N with tert-alkyl or cyclic N) is 1. The SMILES string of the molecule is Cc1cc([C@H]2[C@@H](c3ccccn3)NC(=S)N2CCO)c(C)n1C1CCCCC1. The molecule has 2 N–H and O–H groups in total. The molecule has 2 aromatic heterocycles. The number of aryl methyl sites for hydroxylation is 1. The minimum absolute atomic E-state index is 0.0134. The molecule has 2 atom stereocenters. The van der Waals surface area contributed by atoms with Crippen molar-refractivity contribution in [2.45, 2.75) is 64.1 Å². The van der Waals surface area contributed by atoms with Crippen molar-refractivity contribution in [1.29, 1.82) is 0 Å². The van der Waals surface area contributed by atoms with E-state index >= 15 is 0 Å². The Morgan fingerprint density at radius 3 is 2.68 bits per heavy atom. The third-order valence-corrected chi connectivity index (χ3v) is 6.67. The van der Waals surface area contributed by atoms with E-state index in [1.165, 1.54) is 49.1 Å². The van der Waals surface area contributed by atoms with E-state index < -0.39 is 0 Å². The average molecular weight is 399 g/mol. The van der Waals surface area contributed by atoms with E-state index in [0.29, 0.717) is 17.7 Å². The summed E-state index contributed by atoms with van der Waals surface area (Å²) >= 11 is 5.64. The Morgan fingerprint density at radius 2 is 2.00 bits per heavy atom. The van der Waals surface area contributed by atoms with Gasteiger partial charge in [0.15, 0.2) is 5.11 Å². The Hall–Kier alpha value is -1.92. The second-order valence-corrected chi connectivity index (χ2v) is 8.42. The van der Waals surface area contributed by atoms with Crippen molar-refractivity contribution < 1.29 is 5.11 Å². The predicted octanol–water partition coefficient (Wildman–Crippen LogP) is 3.97. The molecule has 1 aliphatic carbocycles. The zero-order valence-corrected chi connectivity index (χ0v) is 17.6. The first kappa shape index (κ1) is 19.4. The summed E-state index contributed by atoms with van der Waals surface area (Å²) in [6.45, 7) is 5.06. The van der Waals surface area contributed by atoms with Crippen molar-refractivity contribution >= 4 is 17.3 Å². The lowest BCUT2D eigenvalue weighted by molar-refractivity contribution is 0.222. The first-order valence-electron chi connectivity index (χ1n) is 10.4. The highest BCUT2D eigenvalue weighted by atomic mass is 32.1. The molecule has 0 amide bonds. The van der Waals surface area contributed by atoms with Crippen LogP contribution < -0.4 is 5.32 Å². The Kier molecular flexibility index (Phi) is 5.69. The van der Waals surface area contributed by atoms with Crippen LogP contribution in [0.3, 0.4) is 0 Å². The third-order valence-electron chi connectivity index (χ3n) is 6.32.